The third kappa shape index (κ3) is 1.53. The van der Waals surface area contributed by atoms with E-state index in [0.717, 1.165) is 17.2 Å². The Balaban J connectivity index is 1.91. The van der Waals surface area contributed by atoms with Gasteiger partial charge in [-0.2, -0.15) is 0 Å². The van der Waals surface area contributed by atoms with Gasteiger partial charge in [0.15, 0.2) is 0 Å². The summed E-state index contributed by atoms with van der Waals surface area (Å²) in [6.45, 7) is 0.938. The molecule has 1 nitrogen and oxygen atoms in total. The first kappa shape index (κ1) is 9.52. The highest BCUT2D eigenvalue weighted by molar-refractivity contribution is 7.99. The van der Waals surface area contributed by atoms with Crippen LogP contribution in [0.3, 0.4) is 0 Å². The number of anilines is 1. The number of nitrogens with one attached hydrogen (secondary N) is 1. The van der Waals surface area contributed by atoms with Crippen LogP contribution < -0.4 is 5.32 Å². The summed E-state index contributed by atoms with van der Waals surface area (Å²) in [6, 6.07) is 5.33. The first-order valence-corrected chi connectivity index (χ1v) is 6.43. The van der Waals surface area contributed by atoms with Crippen LogP contribution in [0.5, 0.6) is 0 Å². The second kappa shape index (κ2) is 3.41. The highest BCUT2D eigenvalue weighted by atomic mass is 32.2. The quantitative estimate of drug-likeness (QED) is 0.722. The van der Waals surface area contributed by atoms with Crippen LogP contribution in [-0.4, -0.2) is 12.3 Å². The maximum Gasteiger partial charge on any atom is 0.147 e. The fourth-order valence-corrected chi connectivity index (χ4v) is 3.69. The van der Waals surface area contributed by atoms with E-state index in [4.69, 9.17) is 0 Å². The van der Waals surface area contributed by atoms with Gasteiger partial charge < -0.3 is 5.32 Å². The average Bonchev–Trinajstić information content (AvgIpc) is 2.37. The van der Waals surface area contributed by atoms with E-state index in [0.29, 0.717) is 11.1 Å². The molecule has 0 saturated heterocycles. The van der Waals surface area contributed by atoms with Crippen molar-refractivity contribution in [1.82, 2.24) is 0 Å². The van der Waals surface area contributed by atoms with Gasteiger partial charge in [-0.3, -0.25) is 0 Å². The number of rotatable bonds is 0. The van der Waals surface area contributed by atoms with E-state index in [1.54, 1.807) is 17.8 Å². The molecule has 0 amide bonds. The molecule has 0 atom stereocenters. The van der Waals surface area contributed by atoms with E-state index in [1.165, 1.54) is 25.3 Å². The SMILES string of the molecule is Fc1cccc2c1NCC1(CCC1)CS2. The van der Waals surface area contributed by atoms with Crippen LogP contribution in [-0.2, 0) is 0 Å². The maximum absolute atomic E-state index is 13.5. The van der Waals surface area contributed by atoms with Gasteiger partial charge in [0.2, 0.25) is 0 Å². The van der Waals surface area contributed by atoms with Crippen LogP contribution in [0.25, 0.3) is 0 Å². The molecule has 1 aromatic rings. The van der Waals surface area contributed by atoms with E-state index < -0.39 is 0 Å². The predicted octanol–water partition coefficient (Wildman–Crippen LogP) is 3.51. The molecule has 1 aromatic carbocycles. The van der Waals surface area contributed by atoms with Gasteiger partial charge in [-0.25, -0.2) is 4.39 Å². The molecule has 1 saturated carbocycles. The second-order valence-corrected chi connectivity index (χ2v) is 5.63. The molecule has 0 unspecified atom stereocenters. The van der Waals surface area contributed by atoms with E-state index >= 15 is 0 Å². The summed E-state index contributed by atoms with van der Waals surface area (Å²) in [5.41, 5.74) is 1.15. The van der Waals surface area contributed by atoms with E-state index in [9.17, 15) is 4.39 Å². The monoisotopic (exact) mass is 223 g/mol. The highest BCUT2D eigenvalue weighted by Gasteiger charge is 2.38. The Morgan fingerprint density at radius 2 is 2.20 bits per heavy atom. The minimum atomic E-state index is -0.114. The lowest BCUT2D eigenvalue weighted by Crippen LogP contribution is -2.37. The van der Waals surface area contributed by atoms with Crippen molar-refractivity contribution in [3.63, 3.8) is 0 Å². The lowest BCUT2D eigenvalue weighted by atomic mass is 9.70. The maximum atomic E-state index is 13.5. The molecule has 1 spiro atoms. The summed E-state index contributed by atoms with van der Waals surface area (Å²) >= 11 is 1.80. The second-order valence-electron chi connectivity index (χ2n) is 4.61. The van der Waals surface area contributed by atoms with Crippen LogP contribution in [0, 0.1) is 11.2 Å². The molecule has 1 fully saturated rings. The normalized spacial score (nSPS) is 22.5. The van der Waals surface area contributed by atoms with Crippen molar-refractivity contribution in [2.24, 2.45) is 5.41 Å². The molecular weight excluding hydrogens is 209 g/mol. The smallest absolute Gasteiger partial charge is 0.147 e. The van der Waals surface area contributed by atoms with Gasteiger partial charge in [-0.15, -0.1) is 11.8 Å². The van der Waals surface area contributed by atoms with Crippen LogP contribution >= 0.6 is 11.8 Å². The summed E-state index contributed by atoms with van der Waals surface area (Å²) < 4.78 is 13.5. The van der Waals surface area contributed by atoms with Crippen molar-refractivity contribution in [1.29, 1.82) is 0 Å². The molecule has 2 aliphatic rings. The molecule has 1 aliphatic carbocycles. The Hall–Kier alpha value is -0.700. The third-order valence-electron chi connectivity index (χ3n) is 3.56. The molecule has 3 rings (SSSR count). The Bertz CT molecular complexity index is 387. The first-order valence-electron chi connectivity index (χ1n) is 5.44. The van der Waals surface area contributed by atoms with Gasteiger partial charge in [0.05, 0.1) is 5.69 Å². The summed E-state index contributed by atoms with van der Waals surface area (Å²) in [4.78, 5) is 1.07. The first-order chi connectivity index (χ1) is 7.29. The Morgan fingerprint density at radius 1 is 1.33 bits per heavy atom. The van der Waals surface area contributed by atoms with Crippen molar-refractivity contribution in [3.8, 4) is 0 Å². The zero-order valence-electron chi connectivity index (χ0n) is 8.55. The van der Waals surface area contributed by atoms with Gasteiger partial charge in [-0.05, 0) is 30.4 Å². The van der Waals surface area contributed by atoms with Gasteiger partial charge in [-0.1, -0.05) is 12.5 Å². The lowest BCUT2D eigenvalue weighted by molar-refractivity contribution is 0.187. The molecule has 3 heteroatoms. The van der Waals surface area contributed by atoms with E-state index in [1.807, 2.05) is 6.07 Å². The van der Waals surface area contributed by atoms with Crippen LogP contribution in [0.4, 0.5) is 10.1 Å². The van der Waals surface area contributed by atoms with Crippen LogP contribution in [0.15, 0.2) is 23.1 Å². The Labute approximate surface area is 93.4 Å². The number of fused-ring (bicyclic) bond motifs is 1. The minimum absolute atomic E-state index is 0.114. The molecule has 0 bridgehead atoms. The number of halogens is 1. The van der Waals surface area contributed by atoms with Crippen LogP contribution in [0.2, 0.25) is 0 Å². The van der Waals surface area contributed by atoms with Crippen molar-refractivity contribution >= 4 is 17.4 Å². The molecular formula is C12H14FNS. The number of benzene rings is 1. The fourth-order valence-electron chi connectivity index (χ4n) is 2.35. The predicted molar refractivity (Wildman–Crippen MR) is 61.9 cm³/mol. The van der Waals surface area contributed by atoms with Crippen LogP contribution in [0.1, 0.15) is 19.3 Å². The van der Waals surface area contributed by atoms with Crippen molar-refractivity contribution in [3.05, 3.63) is 24.0 Å². The zero-order chi connectivity index (χ0) is 10.3. The number of para-hydroxylation sites is 1. The number of hydrogen-bond acceptors (Lipinski definition) is 2. The van der Waals surface area contributed by atoms with Gasteiger partial charge in [0.1, 0.15) is 5.82 Å². The van der Waals surface area contributed by atoms with Crippen molar-refractivity contribution in [2.75, 3.05) is 17.6 Å². The highest BCUT2D eigenvalue weighted by Crippen LogP contribution is 2.48. The number of hydrogen-bond donors (Lipinski definition) is 1. The van der Waals surface area contributed by atoms with Crippen molar-refractivity contribution in [2.45, 2.75) is 24.2 Å². The standard InChI is InChI=1S/C12H14FNS/c13-9-3-1-4-10-11(9)14-7-12(8-15-10)5-2-6-12/h1,3-4,14H,2,5-8H2. The molecule has 1 N–H and O–H groups in total. The minimum Gasteiger partial charge on any atom is -0.381 e. The molecule has 0 radical (unpaired) electrons. The summed E-state index contributed by atoms with van der Waals surface area (Å²) in [6.07, 6.45) is 3.92. The Morgan fingerprint density at radius 3 is 2.93 bits per heavy atom. The lowest BCUT2D eigenvalue weighted by Gasteiger charge is -2.40. The van der Waals surface area contributed by atoms with Gasteiger partial charge in [0, 0.05) is 17.2 Å². The largest absolute Gasteiger partial charge is 0.381 e. The topological polar surface area (TPSA) is 12.0 Å². The number of thioether (sulfide) groups is 1. The van der Waals surface area contributed by atoms with Crippen molar-refractivity contribution < 1.29 is 4.39 Å². The average molecular weight is 223 g/mol. The molecule has 1 aliphatic heterocycles. The van der Waals surface area contributed by atoms with Gasteiger partial charge in [0.25, 0.3) is 0 Å². The molecule has 80 valence electrons. The summed E-state index contributed by atoms with van der Waals surface area (Å²) in [7, 11) is 0. The molecule has 15 heavy (non-hydrogen) atoms. The third-order valence-corrected chi connectivity index (χ3v) is 4.97. The van der Waals surface area contributed by atoms with Gasteiger partial charge >= 0.3 is 0 Å². The summed E-state index contributed by atoms with van der Waals surface area (Å²) in [5.74, 6) is 1.02. The summed E-state index contributed by atoms with van der Waals surface area (Å²) in [5, 5.41) is 3.29. The van der Waals surface area contributed by atoms with E-state index in [-0.39, 0.29) is 5.82 Å². The molecule has 1 heterocycles. The Kier molecular flexibility index (Phi) is 2.16. The molecule has 0 aromatic heterocycles. The fraction of sp³-hybridized carbons (Fsp3) is 0.500. The van der Waals surface area contributed by atoms with E-state index in [2.05, 4.69) is 5.32 Å². The zero-order valence-corrected chi connectivity index (χ0v) is 9.37.